The highest BCUT2D eigenvalue weighted by Crippen LogP contribution is 2.24. The average Bonchev–Trinajstić information content (AvgIpc) is 2.96. The summed E-state index contributed by atoms with van der Waals surface area (Å²) in [5.41, 5.74) is 1.25. The minimum atomic E-state index is -0.270. The molecule has 2 rings (SSSR count). The second-order valence-corrected chi connectivity index (χ2v) is 5.93. The van der Waals surface area contributed by atoms with E-state index in [1.807, 2.05) is 26.1 Å². The summed E-state index contributed by atoms with van der Waals surface area (Å²) in [6.45, 7) is 8.32. The van der Waals surface area contributed by atoms with Gasteiger partial charge in [0.1, 0.15) is 5.75 Å². The third-order valence-corrected chi connectivity index (χ3v) is 3.65. The molecule has 0 fully saturated rings. The second-order valence-electron chi connectivity index (χ2n) is 5.93. The van der Waals surface area contributed by atoms with Crippen LogP contribution in [-0.2, 0) is 6.42 Å². The van der Waals surface area contributed by atoms with Crippen molar-refractivity contribution in [1.29, 1.82) is 0 Å². The minimum Gasteiger partial charge on any atom is -0.481 e. The van der Waals surface area contributed by atoms with Gasteiger partial charge in [-0.05, 0) is 44.5 Å². The van der Waals surface area contributed by atoms with E-state index in [2.05, 4.69) is 48.4 Å². The summed E-state index contributed by atoms with van der Waals surface area (Å²) in [4.78, 5) is 4.41. The van der Waals surface area contributed by atoms with Gasteiger partial charge in [-0.25, -0.2) is 0 Å². The zero-order valence-corrected chi connectivity index (χ0v) is 14.0. The molecule has 120 valence electrons. The fourth-order valence-corrected chi connectivity index (χ4v) is 2.09. The quantitative estimate of drug-likeness (QED) is 0.848. The lowest BCUT2D eigenvalue weighted by Crippen LogP contribution is -2.24. The largest absolute Gasteiger partial charge is 0.481 e. The number of rotatable bonds is 7. The summed E-state index contributed by atoms with van der Waals surface area (Å²) in [6.07, 6.45) is 0.462. The van der Waals surface area contributed by atoms with Crippen LogP contribution in [0.4, 0.5) is 0 Å². The van der Waals surface area contributed by atoms with Gasteiger partial charge in [0.25, 0.3) is 5.89 Å². The Morgan fingerprint density at radius 3 is 2.68 bits per heavy atom. The Kier molecular flexibility index (Phi) is 5.55. The van der Waals surface area contributed by atoms with Crippen LogP contribution in [0.1, 0.15) is 57.0 Å². The Morgan fingerprint density at radius 1 is 1.23 bits per heavy atom. The van der Waals surface area contributed by atoms with Crippen molar-refractivity contribution in [3.63, 3.8) is 0 Å². The van der Waals surface area contributed by atoms with E-state index in [9.17, 15) is 0 Å². The number of likely N-dealkylation sites (N-methyl/N-ethyl adjacent to an activating group) is 1. The molecule has 5 heteroatoms. The summed E-state index contributed by atoms with van der Waals surface area (Å²) in [6, 6.07) is 8.42. The molecule has 0 bridgehead atoms. The van der Waals surface area contributed by atoms with Crippen LogP contribution in [0.2, 0.25) is 0 Å². The molecule has 0 amide bonds. The topological polar surface area (TPSA) is 60.2 Å². The highest BCUT2D eigenvalue weighted by atomic mass is 16.5. The smallest absolute Gasteiger partial charge is 0.267 e. The second kappa shape index (κ2) is 7.40. The number of benzene rings is 1. The van der Waals surface area contributed by atoms with Gasteiger partial charge >= 0.3 is 0 Å². The third kappa shape index (κ3) is 4.31. The van der Waals surface area contributed by atoms with E-state index >= 15 is 0 Å². The van der Waals surface area contributed by atoms with E-state index < -0.39 is 0 Å². The van der Waals surface area contributed by atoms with Crippen LogP contribution < -0.4 is 10.1 Å². The molecule has 1 N–H and O–H groups in total. The third-order valence-electron chi connectivity index (χ3n) is 3.65. The van der Waals surface area contributed by atoms with E-state index in [1.165, 1.54) is 5.56 Å². The number of aromatic nitrogens is 2. The lowest BCUT2D eigenvalue weighted by atomic mass is 10.0. The molecular formula is C17H25N3O2. The van der Waals surface area contributed by atoms with Gasteiger partial charge in [0.15, 0.2) is 11.9 Å². The molecule has 0 aliphatic rings. The first kappa shape index (κ1) is 16.5. The van der Waals surface area contributed by atoms with E-state index in [4.69, 9.17) is 9.26 Å². The van der Waals surface area contributed by atoms with Crippen molar-refractivity contribution in [1.82, 2.24) is 15.5 Å². The summed E-state index contributed by atoms with van der Waals surface area (Å²) in [5, 5.41) is 7.16. The van der Waals surface area contributed by atoms with Gasteiger partial charge in [0.05, 0.1) is 0 Å². The SMILES string of the molecule is CNC(C)Cc1noc(C(C)Oc2cccc(C(C)C)c2)n1. The standard InChI is InChI=1S/C17H25N3O2/c1-11(2)14-7-6-8-15(10-14)21-13(4)17-19-16(20-22-17)9-12(3)18-5/h6-8,10-13,18H,9H2,1-5H3. The van der Waals surface area contributed by atoms with Gasteiger partial charge < -0.3 is 14.6 Å². The minimum absolute atomic E-state index is 0.270. The summed E-state index contributed by atoms with van der Waals surface area (Å²) in [7, 11) is 1.92. The first-order valence-corrected chi connectivity index (χ1v) is 7.76. The van der Waals surface area contributed by atoms with Gasteiger partial charge in [-0.2, -0.15) is 4.98 Å². The summed E-state index contributed by atoms with van der Waals surface area (Å²) in [5.74, 6) is 2.50. The predicted molar refractivity (Wildman–Crippen MR) is 86.1 cm³/mol. The van der Waals surface area contributed by atoms with Crippen molar-refractivity contribution in [2.75, 3.05) is 7.05 Å². The molecule has 0 aliphatic heterocycles. The number of nitrogens with one attached hydrogen (secondary N) is 1. The molecule has 1 aromatic carbocycles. The van der Waals surface area contributed by atoms with Gasteiger partial charge in [0, 0.05) is 12.5 Å². The molecule has 0 radical (unpaired) electrons. The Balaban J connectivity index is 2.03. The highest BCUT2D eigenvalue weighted by Gasteiger charge is 2.17. The van der Waals surface area contributed by atoms with Crippen LogP contribution in [0.15, 0.2) is 28.8 Å². The highest BCUT2D eigenvalue weighted by molar-refractivity contribution is 5.30. The fraction of sp³-hybridized carbons (Fsp3) is 0.529. The molecule has 2 aromatic rings. The Labute approximate surface area is 132 Å². The van der Waals surface area contributed by atoms with Crippen LogP contribution in [0.5, 0.6) is 5.75 Å². The number of ether oxygens (including phenoxy) is 1. The number of hydrogen-bond acceptors (Lipinski definition) is 5. The lowest BCUT2D eigenvalue weighted by molar-refractivity contribution is 0.175. The lowest BCUT2D eigenvalue weighted by Gasteiger charge is -2.13. The molecular weight excluding hydrogens is 278 g/mol. The van der Waals surface area contributed by atoms with E-state index in [-0.39, 0.29) is 6.10 Å². The first-order chi connectivity index (χ1) is 10.5. The van der Waals surface area contributed by atoms with Gasteiger partial charge in [-0.3, -0.25) is 0 Å². The molecule has 0 spiro atoms. The van der Waals surface area contributed by atoms with Crippen molar-refractivity contribution in [2.24, 2.45) is 0 Å². The number of nitrogens with zero attached hydrogens (tertiary/aromatic N) is 2. The van der Waals surface area contributed by atoms with E-state index in [0.29, 0.717) is 23.7 Å². The van der Waals surface area contributed by atoms with Gasteiger partial charge in [0.2, 0.25) is 0 Å². The number of hydrogen-bond donors (Lipinski definition) is 1. The maximum Gasteiger partial charge on any atom is 0.267 e. The van der Waals surface area contributed by atoms with Crippen molar-refractivity contribution in [2.45, 2.75) is 52.2 Å². The molecule has 1 heterocycles. The van der Waals surface area contributed by atoms with Crippen LogP contribution in [0.25, 0.3) is 0 Å². The van der Waals surface area contributed by atoms with Crippen LogP contribution in [0.3, 0.4) is 0 Å². The molecule has 2 atom stereocenters. The molecule has 2 unspecified atom stereocenters. The van der Waals surface area contributed by atoms with Gasteiger partial charge in [-0.1, -0.05) is 31.1 Å². The zero-order valence-electron chi connectivity index (χ0n) is 14.0. The van der Waals surface area contributed by atoms with E-state index in [1.54, 1.807) is 0 Å². The summed E-state index contributed by atoms with van der Waals surface area (Å²) < 4.78 is 11.2. The molecule has 22 heavy (non-hydrogen) atoms. The van der Waals surface area contributed by atoms with Crippen molar-refractivity contribution < 1.29 is 9.26 Å². The average molecular weight is 303 g/mol. The molecule has 0 saturated heterocycles. The van der Waals surface area contributed by atoms with Crippen LogP contribution >= 0.6 is 0 Å². The van der Waals surface area contributed by atoms with Gasteiger partial charge in [-0.15, -0.1) is 0 Å². The fourth-order valence-electron chi connectivity index (χ4n) is 2.09. The normalized spacial score (nSPS) is 14.1. The van der Waals surface area contributed by atoms with Crippen molar-refractivity contribution in [3.8, 4) is 5.75 Å². The monoisotopic (exact) mass is 303 g/mol. The zero-order chi connectivity index (χ0) is 16.1. The summed E-state index contributed by atoms with van der Waals surface area (Å²) >= 11 is 0. The molecule has 0 aliphatic carbocycles. The Hall–Kier alpha value is -1.88. The van der Waals surface area contributed by atoms with Crippen LogP contribution in [-0.4, -0.2) is 23.2 Å². The van der Waals surface area contributed by atoms with Crippen LogP contribution in [0, 0.1) is 0 Å². The molecule has 1 aromatic heterocycles. The Bertz CT molecular complexity index is 595. The van der Waals surface area contributed by atoms with E-state index in [0.717, 1.165) is 12.2 Å². The predicted octanol–water partition coefficient (Wildman–Crippen LogP) is 3.48. The molecule has 5 nitrogen and oxygen atoms in total. The maximum absolute atomic E-state index is 5.92. The first-order valence-electron chi connectivity index (χ1n) is 7.76. The van der Waals surface area contributed by atoms with Crippen molar-refractivity contribution >= 4 is 0 Å². The maximum atomic E-state index is 5.92. The Morgan fingerprint density at radius 2 is 2.00 bits per heavy atom. The van der Waals surface area contributed by atoms with Crippen molar-refractivity contribution in [3.05, 3.63) is 41.5 Å². The molecule has 0 saturated carbocycles.